The molecule has 1 aromatic heterocycles. The summed E-state index contributed by atoms with van der Waals surface area (Å²) in [6, 6.07) is 7.81. The maximum Gasteiger partial charge on any atom is 0.232 e. The summed E-state index contributed by atoms with van der Waals surface area (Å²) in [6.45, 7) is 0. The first-order valence-corrected chi connectivity index (χ1v) is 6.64. The SMILES string of the molecule is CSc1ccccc1Nc1nc(Cl)nc(Cl)n1. The minimum absolute atomic E-state index is 0.0640. The molecule has 4 nitrogen and oxygen atoms in total. The van der Waals surface area contributed by atoms with Gasteiger partial charge in [0.15, 0.2) is 0 Å². The first kappa shape index (κ1) is 12.4. The van der Waals surface area contributed by atoms with Gasteiger partial charge in [0.25, 0.3) is 0 Å². The van der Waals surface area contributed by atoms with E-state index in [9.17, 15) is 0 Å². The lowest BCUT2D eigenvalue weighted by Crippen LogP contribution is -2.00. The Labute approximate surface area is 113 Å². The average Bonchev–Trinajstić information content (AvgIpc) is 2.28. The third-order valence-corrected chi connectivity index (χ3v) is 3.07. The van der Waals surface area contributed by atoms with E-state index >= 15 is 0 Å². The fourth-order valence-corrected chi connectivity index (χ4v) is 2.17. The van der Waals surface area contributed by atoms with Crippen molar-refractivity contribution in [2.75, 3.05) is 11.6 Å². The Bertz CT molecular complexity index is 515. The van der Waals surface area contributed by atoms with Crippen molar-refractivity contribution in [3.8, 4) is 0 Å². The molecule has 1 N–H and O–H groups in total. The number of hydrogen-bond acceptors (Lipinski definition) is 5. The largest absolute Gasteiger partial charge is 0.323 e. The van der Waals surface area contributed by atoms with Crippen LogP contribution in [0, 0.1) is 0 Å². The van der Waals surface area contributed by atoms with Gasteiger partial charge in [-0.05, 0) is 41.6 Å². The Morgan fingerprint density at radius 1 is 1.06 bits per heavy atom. The number of nitrogens with one attached hydrogen (secondary N) is 1. The highest BCUT2D eigenvalue weighted by Gasteiger charge is 2.05. The van der Waals surface area contributed by atoms with Gasteiger partial charge in [-0.3, -0.25) is 0 Å². The molecular formula is C10H8Cl2N4S. The van der Waals surface area contributed by atoms with Crippen molar-refractivity contribution < 1.29 is 0 Å². The van der Waals surface area contributed by atoms with Gasteiger partial charge in [-0.25, -0.2) is 0 Å². The predicted molar refractivity (Wildman–Crippen MR) is 71.4 cm³/mol. The van der Waals surface area contributed by atoms with E-state index in [-0.39, 0.29) is 10.6 Å². The molecule has 0 saturated heterocycles. The molecule has 88 valence electrons. The zero-order valence-electron chi connectivity index (χ0n) is 8.82. The molecule has 1 aromatic carbocycles. The molecule has 0 aliphatic rings. The van der Waals surface area contributed by atoms with Gasteiger partial charge in [-0.1, -0.05) is 12.1 Å². The van der Waals surface area contributed by atoms with E-state index in [0.717, 1.165) is 10.6 Å². The highest BCUT2D eigenvalue weighted by molar-refractivity contribution is 7.98. The van der Waals surface area contributed by atoms with E-state index in [0.29, 0.717) is 5.95 Å². The molecule has 0 amide bonds. The molecule has 1 heterocycles. The Morgan fingerprint density at radius 3 is 2.35 bits per heavy atom. The minimum Gasteiger partial charge on any atom is -0.323 e. The lowest BCUT2D eigenvalue weighted by Gasteiger charge is -2.08. The van der Waals surface area contributed by atoms with Gasteiger partial charge in [0.1, 0.15) is 0 Å². The molecule has 2 aromatic rings. The maximum atomic E-state index is 5.70. The molecule has 0 aliphatic carbocycles. The topological polar surface area (TPSA) is 50.7 Å². The number of thioether (sulfide) groups is 1. The lowest BCUT2D eigenvalue weighted by atomic mass is 10.3. The van der Waals surface area contributed by atoms with Crippen molar-refractivity contribution >= 4 is 46.6 Å². The van der Waals surface area contributed by atoms with Crippen LogP contribution in [-0.4, -0.2) is 21.2 Å². The number of rotatable bonds is 3. The van der Waals surface area contributed by atoms with Gasteiger partial charge in [0, 0.05) is 4.90 Å². The minimum atomic E-state index is 0.0640. The van der Waals surface area contributed by atoms with Crippen LogP contribution in [0.4, 0.5) is 11.6 Å². The summed E-state index contributed by atoms with van der Waals surface area (Å²) in [5.74, 6) is 0.330. The summed E-state index contributed by atoms with van der Waals surface area (Å²) in [5, 5.41) is 3.18. The van der Waals surface area contributed by atoms with Gasteiger partial charge in [0.05, 0.1) is 5.69 Å². The monoisotopic (exact) mass is 286 g/mol. The van der Waals surface area contributed by atoms with E-state index < -0.39 is 0 Å². The van der Waals surface area contributed by atoms with Gasteiger partial charge in [0.2, 0.25) is 16.5 Å². The number of benzene rings is 1. The fourth-order valence-electron chi connectivity index (χ4n) is 1.25. The molecule has 0 spiro atoms. The Morgan fingerprint density at radius 2 is 1.71 bits per heavy atom. The van der Waals surface area contributed by atoms with Crippen molar-refractivity contribution in [3.05, 3.63) is 34.8 Å². The van der Waals surface area contributed by atoms with E-state index in [1.165, 1.54) is 0 Å². The van der Waals surface area contributed by atoms with Crippen molar-refractivity contribution in [2.24, 2.45) is 0 Å². The molecule has 0 unspecified atom stereocenters. The van der Waals surface area contributed by atoms with E-state index in [4.69, 9.17) is 23.2 Å². The molecule has 0 radical (unpaired) electrons. The molecule has 0 atom stereocenters. The van der Waals surface area contributed by atoms with Gasteiger partial charge >= 0.3 is 0 Å². The standard InChI is InChI=1S/C10H8Cl2N4S/c1-17-7-5-3-2-4-6(7)13-10-15-8(11)14-9(12)16-10/h2-5H,1H3,(H,13,14,15,16). The number of halogens is 2. The average molecular weight is 287 g/mol. The van der Waals surface area contributed by atoms with Gasteiger partial charge < -0.3 is 5.32 Å². The summed E-state index contributed by atoms with van der Waals surface area (Å²) >= 11 is 13.0. The maximum absolute atomic E-state index is 5.70. The van der Waals surface area contributed by atoms with E-state index in [1.54, 1.807) is 11.8 Å². The lowest BCUT2D eigenvalue weighted by molar-refractivity contribution is 1.05. The Hall–Kier alpha value is -1.04. The summed E-state index contributed by atoms with van der Waals surface area (Å²) in [4.78, 5) is 12.7. The normalized spacial score (nSPS) is 10.3. The number of para-hydroxylation sites is 1. The van der Waals surface area contributed by atoms with Crippen molar-refractivity contribution in [1.82, 2.24) is 15.0 Å². The second kappa shape index (κ2) is 5.53. The number of anilines is 2. The molecule has 7 heteroatoms. The Balaban J connectivity index is 2.31. The van der Waals surface area contributed by atoms with Crippen LogP contribution in [0.3, 0.4) is 0 Å². The summed E-state index contributed by atoms with van der Waals surface area (Å²) in [5.41, 5.74) is 0.901. The Kier molecular flexibility index (Phi) is 4.04. The molecule has 0 aliphatic heterocycles. The zero-order chi connectivity index (χ0) is 12.3. The first-order chi connectivity index (χ1) is 8.19. The summed E-state index contributed by atoms with van der Waals surface area (Å²) < 4.78 is 0. The van der Waals surface area contributed by atoms with Crippen molar-refractivity contribution in [1.29, 1.82) is 0 Å². The quantitative estimate of drug-likeness (QED) is 0.873. The summed E-state index contributed by atoms with van der Waals surface area (Å²) in [6.07, 6.45) is 1.99. The fraction of sp³-hybridized carbons (Fsp3) is 0.100. The number of hydrogen-bond donors (Lipinski definition) is 1. The van der Waals surface area contributed by atoms with Gasteiger partial charge in [-0.2, -0.15) is 15.0 Å². The number of nitrogens with zero attached hydrogens (tertiary/aromatic N) is 3. The van der Waals surface area contributed by atoms with Crippen LogP contribution in [0.5, 0.6) is 0 Å². The van der Waals surface area contributed by atoms with Crippen LogP contribution in [0.15, 0.2) is 29.2 Å². The highest BCUT2D eigenvalue weighted by atomic mass is 35.5. The first-order valence-electron chi connectivity index (χ1n) is 4.66. The molecule has 0 bridgehead atoms. The van der Waals surface area contributed by atoms with Crippen LogP contribution >= 0.6 is 35.0 Å². The molecule has 0 fully saturated rings. The van der Waals surface area contributed by atoms with Crippen LogP contribution in [0.25, 0.3) is 0 Å². The second-order valence-corrected chi connectivity index (χ2v) is 4.55. The van der Waals surface area contributed by atoms with Crippen molar-refractivity contribution in [2.45, 2.75) is 4.90 Å². The smallest absolute Gasteiger partial charge is 0.232 e. The zero-order valence-corrected chi connectivity index (χ0v) is 11.1. The second-order valence-electron chi connectivity index (χ2n) is 3.02. The predicted octanol–water partition coefficient (Wildman–Crippen LogP) is 3.64. The van der Waals surface area contributed by atoms with Crippen LogP contribution in [0.1, 0.15) is 0 Å². The third kappa shape index (κ3) is 3.21. The van der Waals surface area contributed by atoms with Crippen molar-refractivity contribution in [3.63, 3.8) is 0 Å². The molecular weight excluding hydrogens is 279 g/mol. The van der Waals surface area contributed by atoms with E-state index in [1.807, 2.05) is 30.5 Å². The van der Waals surface area contributed by atoms with Crippen LogP contribution in [-0.2, 0) is 0 Å². The summed E-state index contributed by atoms with van der Waals surface area (Å²) in [7, 11) is 0. The van der Waals surface area contributed by atoms with Gasteiger partial charge in [-0.15, -0.1) is 11.8 Å². The molecule has 2 rings (SSSR count). The molecule has 0 saturated carbocycles. The highest BCUT2D eigenvalue weighted by Crippen LogP contribution is 2.26. The third-order valence-electron chi connectivity index (χ3n) is 1.93. The van der Waals surface area contributed by atoms with Crippen LogP contribution < -0.4 is 5.32 Å². The molecule has 17 heavy (non-hydrogen) atoms. The van der Waals surface area contributed by atoms with E-state index in [2.05, 4.69) is 20.3 Å². The van der Waals surface area contributed by atoms with Crippen LogP contribution in [0.2, 0.25) is 10.6 Å². The number of aromatic nitrogens is 3.